The Labute approximate surface area is 199 Å². The third-order valence-electron chi connectivity index (χ3n) is 5.93. The molecule has 172 valence electrons. The number of thiophene rings is 1. The van der Waals surface area contributed by atoms with E-state index in [-0.39, 0.29) is 17.3 Å². The quantitative estimate of drug-likeness (QED) is 0.205. The molecule has 0 radical (unpaired) electrons. The van der Waals surface area contributed by atoms with E-state index in [1.807, 2.05) is 35.6 Å². The van der Waals surface area contributed by atoms with Gasteiger partial charge in [0, 0.05) is 4.88 Å². The van der Waals surface area contributed by atoms with Gasteiger partial charge in [-0.25, -0.2) is 8.97 Å². The predicted molar refractivity (Wildman–Crippen MR) is 132 cm³/mol. The average molecular weight is 483 g/mol. The molecule has 9 heteroatoms. The van der Waals surface area contributed by atoms with Crippen molar-refractivity contribution in [2.24, 2.45) is 0 Å². The molecule has 0 unspecified atom stereocenters. The van der Waals surface area contributed by atoms with E-state index in [9.17, 15) is 9.59 Å². The van der Waals surface area contributed by atoms with Gasteiger partial charge in [0.25, 0.3) is 5.56 Å². The van der Waals surface area contributed by atoms with Crippen LogP contribution >= 0.6 is 23.1 Å². The number of ether oxygens (including phenoxy) is 1. The van der Waals surface area contributed by atoms with Crippen LogP contribution in [0.4, 0.5) is 0 Å². The Balaban J connectivity index is 1.59. The van der Waals surface area contributed by atoms with Gasteiger partial charge in [0.1, 0.15) is 4.83 Å². The van der Waals surface area contributed by atoms with Gasteiger partial charge in [-0.3, -0.25) is 9.59 Å². The molecule has 0 N–H and O–H groups in total. The van der Waals surface area contributed by atoms with E-state index in [1.165, 1.54) is 16.6 Å². The first-order valence-electron chi connectivity index (χ1n) is 11.4. The lowest BCUT2D eigenvalue weighted by atomic mass is 10.2. The van der Waals surface area contributed by atoms with Crippen molar-refractivity contribution >= 4 is 45.1 Å². The second kappa shape index (κ2) is 9.30. The van der Waals surface area contributed by atoms with E-state index in [4.69, 9.17) is 4.74 Å². The number of hydrogen-bond donors (Lipinski definition) is 0. The smallest absolute Gasteiger partial charge is 0.316 e. The summed E-state index contributed by atoms with van der Waals surface area (Å²) < 4.78 is 8.94. The second-order valence-electron chi connectivity index (χ2n) is 8.35. The fourth-order valence-corrected chi connectivity index (χ4v) is 6.52. The van der Waals surface area contributed by atoms with Crippen LogP contribution in [0.3, 0.4) is 0 Å². The molecule has 4 aromatic rings. The fourth-order valence-electron chi connectivity index (χ4n) is 4.35. The van der Waals surface area contributed by atoms with Crippen LogP contribution in [0.1, 0.15) is 48.6 Å². The SMILES string of the molecule is CCCCCOC(=O)CSc1nnc2n(-c3cccc(C)c3)c(=O)c3c4c(sc3n12)CCC4. The summed E-state index contributed by atoms with van der Waals surface area (Å²) in [5.41, 5.74) is 2.93. The number of aromatic nitrogens is 4. The Kier molecular flexibility index (Phi) is 6.25. The van der Waals surface area contributed by atoms with Gasteiger partial charge in [-0.15, -0.1) is 21.5 Å². The Morgan fingerprint density at radius 1 is 1.24 bits per heavy atom. The van der Waals surface area contributed by atoms with Gasteiger partial charge in [0.05, 0.1) is 23.4 Å². The number of hydrogen-bond acceptors (Lipinski definition) is 7. The number of carbonyl (C=O) groups is 1. The maximum atomic E-state index is 13.7. The van der Waals surface area contributed by atoms with E-state index in [1.54, 1.807) is 15.9 Å². The molecule has 1 aliphatic carbocycles. The van der Waals surface area contributed by atoms with E-state index >= 15 is 0 Å². The van der Waals surface area contributed by atoms with Crippen molar-refractivity contribution in [3.63, 3.8) is 0 Å². The Bertz CT molecular complexity index is 1400. The summed E-state index contributed by atoms with van der Waals surface area (Å²) in [5, 5.41) is 10.1. The zero-order chi connectivity index (χ0) is 22.9. The summed E-state index contributed by atoms with van der Waals surface area (Å²) in [6.45, 7) is 4.57. The molecule has 0 amide bonds. The molecule has 5 rings (SSSR count). The maximum Gasteiger partial charge on any atom is 0.316 e. The van der Waals surface area contributed by atoms with Crippen molar-refractivity contribution in [1.82, 2.24) is 19.2 Å². The van der Waals surface area contributed by atoms with Crippen LogP contribution in [0.2, 0.25) is 0 Å². The molecule has 0 fully saturated rings. The highest BCUT2D eigenvalue weighted by Gasteiger charge is 2.26. The molecule has 3 heterocycles. The van der Waals surface area contributed by atoms with Crippen molar-refractivity contribution in [2.45, 2.75) is 57.5 Å². The molecule has 0 spiro atoms. The van der Waals surface area contributed by atoms with Crippen molar-refractivity contribution in [1.29, 1.82) is 0 Å². The number of aryl methyl sites for hydroxylation is 3. The number of unbranched alkanes of at least 4 members (excludes halogenated alkanes) is 2. The summed E-state index contributed by atoms with van der Waals surface area (Å²) in [6, 6.07) is 7.84. The molecular formula is C24H26N4O3S2. The predicted octanol–water partition coefficient (Wildman–Crippen LogP) is 4.72. The summed E-state index contributed by atoms with van der Waals surface area (Å²) in [4.78, 5) is 28.1. The van der Waals surface area contributed by atoms with Crippen molar-refractivity contribution < 1.29 is 9.53 Å². The molecule has 0 aliphatic heterocycles. The minimum absolute atomic E-state index is 0.0539. The number of esters is 1. The second-order valence-corrected chi connectivity index (χ2v) is 10.4. The van der Waals surface area contributed by atoms with Gasteiger partial charge in [0.15, 0.2) is 5.16 Å². The number of carbonyl (C=O) groups excluding carboxylic acids is 1. The van der Waals surface area contributed by atoms with E-state index in [2.05, 4.69) is 17.1 Å². The van der Waals surface area contributed by atoms with Crippen molar-refractivity contribution in [2.75, 3.05) is 12.4 Å². The fraction of sp³-hybridized carbons (Fsp3) is 0.417. The molecule has 7 nitrogen and oxygen atoms in total. The first kappa shape index (κ1) is 22.2. The van der Waals surface area contributed by atoms with Crippen LogP contribution in [-0.2, 0) is 22.4 Å². The van der Waals surface area contributed by atoms with Crippen LogP contribution in [0.5, 0.6) is 0 Å². The molecule has 1 aliphatic rings. The van der Waals surface area contributed by atoms with Crippen molar-refractivity contribution in [3.05, 3.63) is 50.6 Å². The Morgan fingerprint density at radius 3 is 2.94 bits per heavy atom. The van der Waals surface area contributed by atoms with Crippen LogP contribution in [-0.4, -0.2) is 37.5 Å². The Hall–Kier alpha value is -2.65. The van der Waals surface area contributed by atoms with E-state index in [0.29, 0.717) is 17.5 Å². The number of nitrogens with zero attached hydrogens (tertiary/aromatic N) is 4. The first-order chi connectivity index (χ1) is 16.1. The standard InChI is InChI=1S/C24H26N4O3S2/c1-3-4-5-12-31-19(29)14-32-24-26-25-23-27(16-9-6-8-15(2)13-16)21(30)20-17-10-7-11-18(17)33-22(20)28(23)24/h6,8-9,13H,3-5,7,10-12,14H2,1-2H3. The molecule has 0 saturated heterocycles. The molecule has 0 bridgehead atoms. The van der Waals surface area contributed by atoms with Crippen molar-refractivity contribution in [3.8, 4) is 5.69 Å². The highest BCUT2D eigenvalue weighted by atomic mass is 32.2. The molecule has 0 saturated carbocycles. The first-order valence-corrected chi connectivity index (χ1v) is 13.2. The normalized spacial score (nSPS) is 13.2. The maximum absolute atomic E-state index is 13.7. The third kappa shape index (κ3) is 4.08. The topological polar surface area (TPSA) is 78.5 Å². The molecule has 1 aromatic carbocycles. The third-order valence-corrected chi connectivity index (χ3v) is 8.11. The number of fused-ring (bicyclic) bond motifs is 5. The summed E-state index contributed by atoms with van der Waals surface area (Å²) in [6.07, 6.45) is 6.00. The van der Waals surface area contributed by atoms with Crippen LogP contribution < -0.4 is 5.56 Å². The highest BCUT2D eigenvalue weighted by molar-refractivity contribution is 7.99. The van der Waals surface area contributed by atoms with Gasteiger partial charge >= 0.3 is 5.97 Å². The number of benzene rings is 1. The molecule has 3 aromatic heterocycles. The average Bonchev–Trinajstić information content (AvgIpc) is 3.50. The minimum Gasteiger partial charge on any atom is -0.465 e. The lowest BCUT2D eigenvalue weighted by Crippen LogP contribution is -2.22. The van der Waals surface area contributed by atoms with Crippen LogP contribution in [0, 0.1) is 6.92 Å². The lowest BCUT2D eigenvalue weighted by molar-refractivity contribution is -0.140. The number of thioether (sulfide) groups is 1. The zero-order valence-corrected chi connectivity index (χ0v) is 20.4. The summed E-state index contributed by atoms with van der Waals surface area (Å²) in [7, 11) is 0. The monoisotopic (exact) mass is 482 g/mol. The van der Waals surface area contributed by atoms with Gasteiger partial charge in [-0.2, -0.15) is 0 Å². The van der Waals surface area contributed by atoms with Gasteiger partial charge in [-0.05, 0) is 55.9 Å². The molecule has 0 atom stereocenters. The van der Waals surface area contributed by atoms with E-state index in [0.717, 1.165) is 65.6 Å². The zero-order valence-electron chi connectivity index (χ0n) is 18.8. The van der Waals surface area contributed by atoms with Crippen LogP contribution in [0.25, 0.3) is 21.7 Å². The number of rotatable bonds is 8. The van der Waals surface area contributed by atoms with Gasteiger partial charge in [0.2, 0.25) is 5.78 Å². The van der Waals surface area contributed by atoms with Gasteiger partial charge < -0.3 is 4.74 Å². The Morgan fingerprint density at radius 2 is 2.12 bits per heavy atom. The highest BCUT2D eigenvalue weighted by Crippen LogP contribution is 2.37. The van der Waals surface area contributed by atoms with Crippen LogP contribution in [0.15, 0.2) is 34.2 Å². The summed E-state index contributed by atoms with van der Waals surface area (Å²) in [5.74, 6) is 0.366. The largest absolute Gasteiger partial charge is 0.465 e. The minimum atomic E-state index is -0.259. The lowest BCUT2D eigenvalue weighted by Gasteiger charge is -2.10. The molecule has 33 heavy (non-hydrogen) atoms. The molecular weight excluding hydrogens is 456 g/mol. The van der Waals surface area contributed by atoms with Gasteiger partial charge in [-0.1, -0.05) is 43.7 Å². The summed E-state index contributed by atoms with van der Waals surface area (Å²) >= 11 is 2.95. The van der Waals surface area contributed by atoms with E-state index < -0.39 is 0 Å².